The number of rotatable bonds is 35. The van der Waals surface area contributed by atoms with Crippen molar-refractivity contribution in [2.24, 2.45) is 0 Å². The van der Waals surface area contributed by atoms with Crippen molar-refractivity contribution in [3.05, 3.63) is 36.5 Å². The van der Waals surface area contributed by atoms with Crippen LogP contribution in [0.25, 0.3) is 0 Å². The Morgan fingerprint density at radius 1 is 0.562 bits per heavy atom. The molecule has 9 heteroatoms. The molecule has 1 unspecified atom stereocenters. The number of esters is 2. The maximum Gasteiger partial charge on any atom is 0.469 e. The van der Waals surface area contributed by atoms with Gasteiger partial charge in [-0.25, -0.2) is 4.57 Å². The van der Waals surface area contributed by atoms with Crippen LogP contribution in [-0.4, -0.2) is 41.0 Å². The molecule has 0 saturated heterocycles. The summed E-state index contributed by atoms with van der Waals surface area (Å²) in [7, 11) is -4.75. The normalized spacial score (nSPS) is 12.8. The minimum absolute atomic E-state index is 0.190. The average Bonchev–Trinajstić information content (AvgIpc) is 3.05. The molecule has 2 N–H and O–H groups in total. The van der Waals surface area contributed by atoms with Gasteiger partial charge in [-0.05, 0) is 32.1 Å². The Morgan fingerprint density at radius 3 is 1.48 bits per heavy atom. The molecular weight excluding hydrogens is 627 g/mol. The van der Waals surface area contributed by atoms with Crippen LogP contribution in [0.2, 0.25) is 0 Å². The highest BCUT2D eigenvalue weighted by molar-refractivity contribution is 7.46. The van der Waals surface area contributed by atoms with Crippen molar-refractivity contribution in [2.45, 2.75) is 187 Å². The lowest BCUT2D eigenvalue weighted by atomic mass is 10.0. The van der Waals surface area contributed by atoms with Gasteiger partial charge in [0.15, 0.2) is 6.10 Å². The molecule has 8 nitrogen and oxygen atoms in total. The Bertz CT molecular complexity index is 879. The summed E-state index contributed by atoms with van der Waals surface area (Å²) in [6.45, 7) is 3.54. The highest BCUT2D eigenvalue weighted by Gasteiger charge is 2.22. The van der Waals surface area contributed by atoms with E-state index >= 15 is 0 Å². The van der Waals surface area contributed by atoms with Crippen LogP contribution in [0.5, 0.6) is 0 Å². The lowest BCUT2D eigenvalue weighted by Gasteiger charge is -2.18. The molecule has 0 amide bonds. The van der Waals surface area contributed by atoms with Crippen molar-refractivity contribution in [3.8, 4) is 0 Å². The van der Waals surface area contributed by atoms with Crippen molar-refractivity contribution in [1.82, 2.24) is 0 Å². The molecular formula is C39H71O8P. The number of allylic oxidation sites excluding steroid dienone is 6. The van der Waals surface area contributed by atoms with Crippen LogP contribution in [0.3, 0.4) is 0 Å². The standard InChI is InChI=1S/C39H71O8P/c1-3-5-7-9-11-13-15-17-18-19-20-22-23-25-27-29-31-33-38(40)45-35-37(36-46-48(42,43)44)47-39(41)34-32-30-28-26-24-21-16-14-12-10-8-6-4-2/h6,8,10,12,14,16,37H,3-5,7,9,11,13,15,17-36H2,1-2H3,(H2,42,43,44)/b8-6+,12-10+,16-14+. The second-order valence-corrected chi connectivity index (χ2v) is 14.2. The summed E-state index contributed by atoms with van der Waals surface area (Å²) in [5.74, 6) is -0.905. The third-order valence-corrected chi connectivity index (χ3v) is 8.72. The van der Waals surface area contributed by atoms with E-state index in [1.165, 1.54) is 89.9 Å². The second kappa shape index (κ2) is 35.1. The van der Waals surface area contributed by atoms with E-state index < -0.39 is 32.5 Å². The number of hydrogen-bond donors (Lipinski definition) is 2. The molecule has 0 saturated carbocycles. The maximum atomic E-state index is 12.3. The van der Waals surface area contributed by atoms with Crippen LogP contribution in [-0.2, 0) is 28.2 Å². The highest BCUT2D eigenvalue weighted by atomic mass is 31.2. The lowest BCUT2D eigenvalue weighted by Crippen LogP contribution is -2.29. The summed E-state index contributed by atoms with van der Waals surface area (Å²) >= 11 is 0. The van der Waals surface area contributed by atoms with Crippen molar-refractivity contribution in [3.63, 3.8) is 0 Å². The quantitative estimate of drug-likeness (QED) is 0.0290. The molecule has 0 rings (SSSR count). The molecule has 48 heavy (non-hydrogen) atoms. The largest absolute Gasteiger partial charge is 0.469 e. The number of phosphoric ester groups is 1. The highest BCUT2D eigenvalue weighted by Crippen LogP contribution is 2.36. The summed E-state index contributed by atoms with van der Waals surface area (Å²) < 4.78 is 26.3. The smallest absolute Gasteiger partial charge is 0.462 e. The fourth-order valence-corrected chi connectivity index (χ4v) is 5.73. The second-order valence-electron chi connectivity index (χ2n) is 12.9. The molecule has 0 aliphatic rings. The summed E-state index contributed by atoms with van der Waals surface area (Å²) in [5, 5.41) is 0. The Balaban J connectivity index is 3.94. The van der Waals surface area contributed by atoms with Gasteiger partial charge in [-0.3, -0.25) is 14.1 Å². The summed E-state index contributed by atoms with van der Waals surface area (Å²) in [4.78, 5) is 42.7. The maximum absolute atomic E-state index is 12.3. The first-order chi connectivity index (χ1) is 23.3. The van der Waals surface area contributed by atoms with Gasteiger partial charge in [0, 0.05) is 12.8 Å². The number of carbonyl (C=O) groups excluding carboxylic acids is 2. The van der Waals surface area contributed by atoms with Crippen LogP contribution in [0, 0.1) is 0 Å². The predicted molar refractivity (Wildman–Crippen MR) is 198 cm³/mol. The summed E-state index contributed by atoms with van der Waals surface area (Å²) in [6, 6.07) is 0. The minimum Gasteiger partial charge on any atom is -0.462 e. The molecule has 280 valence electrons. The Labute approximate surface area is 293 Å². The van der Waals surface area contributed by atoms with Crippen LogP contribution in [0.15, 0.2) is 36.5 Å². The zero-order valence-corrected chi connectivity index (χ0v) is 31.5. The molecule has 0 aromatic rings. The van der Waals surface area contributed by atoms with Crippen molar-refractivity contribution in [1.29, 1.82) is 0 Å². The number of hydrogen-bond acceptors (Lipinski definition) is 6. The van der Waals surface area contributed by atoms with Gasteiger partial charge in [-0.15, -0.1) is 0 Å². The van der Waals surface area contributed by atoms with Crippen molar-refractivity contribution in [2.75, 3.05) is 13.2 Å². The predicted octanol–water partition coefficient (Wildman–Crippen LogP) is 11.4. The van der Waals surface area contributed by atoms with E-state index in [1.807, 2.05) is 18.2 Å². The Morgan fingerprint density at radius 2 is 1.00 bits per heavy atom. The number of carbonyl (C=O) groups is 2. The molecule has 0 fully saturated rings. The van der Waals surface area contributed by atoms with Gasteiger partial charge in [0.2, 0.25) is 0 Å². The zero-order valence-electron chi connectivity index (χ0n) is 30.6. The molecule has 1 atom stereocenters. The minimum atomic E-state index is -4.75. The van der Waals surface area contributed by atoms with E-state index in [0.717, 1.165) is 57.8 Å². The third-order valence-electron chi connectivity index (χ3n) is 8.23. The van der Waals surface area contributed by atoms with E-state index in [-0.39, 0.29) is 19.4 Å². The van der Waals surface area contributed by atoms with Crippen LogP contribution >= 0.6 is 7.82 Å². The monoisotopic (exact) mass is 698 g/mol. The van der Waals surface area contributed by atoms with Gasteiger partial charge in [-0.2, -0.15) is 0 Å². The lowest BCUT2D eigenvalue weighted by molar-refractivity contribution is -0.161. The van der Waals surface area contributed by atoms with E-state index in [4.69, 9.17) is 19.3 Å². The molecule has 0 heterocycles. The van der Waals surface area contributed by atoms with Crippen LogP contribution < -0.4 is 0 Å². The molecule has 0 aromatic heterocycles. The van der Waals surface area contributed by atoms with E-state index in [9.17, 15) is 14.2 Å². The van der Waals surface area contributed by atoms with Gasteiger partial charge in [0.05, 0.1) is 6.61 Å². The van der Waals surface area contributed by atoms with Crippen molar-refractivity contribution >= 4 is 19.8 Å². The van der Waals surface area contributed by atoms with E-state index in [1.54, 1.807) is 0 Å². The number of phosphoric acid groups is 1. The van der Waals surface area contributed by atoms with Gasteiger partial charge < -0.3 is 19.3 Å². The fraction of sp³-hybridized carbons (Fsp3) is 0.795. The van der Waals surface area contributed by atoms with Crippen LogP contribution in [0.4, 0.5) is 0 Å². The average molecular weight is 699 g/mol. The summed E-state index contributed by atoms with van der Waals surface area (Å²) in [6.07, 6.45) is 40.1. The number of ether oxygens (including phenoxy) is 2. The topological polar surface area (TPSA) is 119 Å². The SMILES string of the molecule is CC/C=C/C=C/C=C/CCCCCCCC(=O)OC(COC(=O)CCCCCCCCCCCCCCCCCCC)COP(=O)(O)O. The van der Waals surface area contributed by atoms with E-state index in [2.05, 4.69) is 36.6 Å². The molecule has 0 aromatic carbocycles. The Kier molecular flexibility index (Phi) is 33.8. The molecule has 0 spiro atoms. The first kappa shape index (κ1) is 46.3. The van der Waals surface area contributed by atoms with Gasteiger partial charge >= 0.3 is 19.8 Å². The van der Waals surface area contributed by atoms with Crippen molar-refractivity contribution < 1.29 is 37.9 Å². The zero-order chi connectivity index (χ0) is 35.4. The Hall–Kier alpha value is -1.73. The van der Waals surface area contributed by atoms with Crippen LogP contribution in [0.1, 0.15) is 181 Å². The summed E-state index contributed by atoms with van der Waals surface area (Å²) in [5.41, 5.74) is 0. The third kappa shape index (κ3) is 37.1. The van der Waals surface area contributed by atoms with E-state index in [0.29, 0.717) is 6.42 Å². The van der Waals surface area contributed by atoms with Gasteiger partial charge in [0.1, 0.15) is 6.61 Å². The first-order valence-corrected chi connectivity index (χ1v) is 20.8. The fourth-order valence-electron chi connectivity index (χ4n) is 5.37. The molecule has 0 aliphatic heterocycles. The van der Waals surface area contributed by atoms with Gasteiger partial charge in [-0.1, -0.05) is 172 Å². The molecule has 0 radical (unpaired) electrons. The number of unbranched alkanes of at least 4 members (excludes halogenated alkanes) is 21. The van der Waals surface area contributed by atoms with Gasteiger partial charge in [0.25, 0.3) is 0 Å². The molecule has 0 aliphatic carbocycles. The first-order valence-electron chi connectivity index (χ1n) is 19.3. The molecule has 0 bridgehead atoms.